The summed E-state index contributed by atoms with van der Waals surface area (Å²) in [5, 5.41) is 0.811. The van der Waals surface area contributed by atoms with E-state index in [-0.39, 0.29) is 5.97 Å². The number of carbonyl (C=O) groups is 1. The first kappa shape index (κ1) is 19.4. The van der Waals surface area contributed by atoms with Gasteiger partial charge in [-0.2, -0.15) is 0 Å². The van der Waals surface area contributed by atoms with Crippen LogP contribution in [-0.2, 0) is 9.53 Å². The minimum absolute atomic E-state index is 0.361. The smallest absolute Gasteiger partial charge is 0.330 e. The zero-order chi connectivity index (χ0) is 19.8. The van der Waals surface area contributed by atoms with Gasteiger partial charge < -0.3 is 14.2 Å². The normalized spacial score (nSPS) is 10.9. The van der Waals surface area contributed by atoms with Crippen molar-refractivity contribution in [3.05, 3.63) is 60.4 Å². The summed E-state index contributed by atoms with van der Waals surface area (Å²) in [6.45, 7) is 2.48. The first-order valence-electron chi connectivity index (χ1n) is 9.11. The maximum Gasteiger partial charge on any atom is 0.330 e. The first-order chi connectivity index (χ1) is 13.7. The van der Waals surface area contributed by atoms with Crippen LogP contribution in [-0.4, -0.2) is 29.7 Å². The molecule has 0 N–H and O–H groups in total. The molecule has 0 aliphatic carbocycles. The molecule has 0 aliphatic rings. The minimum atomic E-state index is -0.361. The molecule has 144 valence electrons. The molecule has 6 nitrogen and oxygen atoms in total. The van der Waals surface area contributed by atoms with Crippen LogP contribution in [0.25, 0.3) is 17.0 Å². The number of fused-ring (bicyclic) bond motifs is 1. The van der Waals surface area contributed by atoms with Gasteiger partial charge in [0, 0.05) is 6.08 Å². The van der Waals surface area contributed by atoms with E-state index in [0.29, 0.717) is 24.0 Å². The second-order valence-electron chi connectivity index (χ2n) is 6.06. The zero-order valence-electron chi connectivity index (χ0n) is 15.9. The summed E-state index contributed by atoms with van der Waals surface area (Å²) in [5.41, 5.74) is 1.59. The van der Waals surface area contributed by atoms with Gasteiger partial charge in [-0.3, -0.25) is 0 Å². The molecule has 0 saturated heterocycles. The number of hydrogen-bond acceptors (Lipinski definition) is 6. The van der Waals surface area contributed by atoms with Crippen molar-refractivity contribution in [1.82, 2.24) is 9.97 Å². The molecular formula is C22H22N2O4. The highest BCUT2D eigenvalue weighted by atomic mass is 16.5. The molecule has 28 heavy (non-hydrogen) atoms. The van der Waals surface area contributed by atoms with E-state index in [4.69, 9.17) is 14.2 Å². The molecule has 0 unspecified atom stereocenters. The van der Waals surface area contributed by atoms with Gasteiger partial charge in [0.1, 0.15) is 6.33 Å². The lowest BCUT2D eigenvalue weighted by Gasteiger charge is -2.11. The highest BCUT2D eigenvalue weighted by Gasteiger charge is 2.10. The second kappa shape index (κ2) is 9.50. The van der Waals surface area contributed by atoms with Crippen LogP contribution in [0.3, 0.4) is 0 Å². The predicted molar refractivity (Wildman–Crippen MR) is 108 cm³/mol. The van der Waals surface area contributed by atoms with Crippen molar-refractivity contribution in [1.29, 1.82) is 0 Å². The Kier molecular flexibility index (Phi) is 6.57. The maximum atomic E-state index is 11.7. The van der Waals surface area contributed by atoms with E-state index in [1.165, 1.54) is 12.4 Å². The fourth-order valence-electron chi connectivity index (χ4n) is 2.57. The Morgan fingerprint density at radius 3 is 2.79 bits per heavy atom. The van der Waals surface area contributed by atoms with Crippen molar-refractivity contribution in [3.63, 3.8) is 0 Å². The van der Waals surface area contributed by atoms with Crippen LogP contribution >= 0.6 is 0 Å². The Bertz CT molecular complexity index is 980. The van der Waals surface area contributed by atoms with Crippen LogP contribution in [0.5, 0.6) is 17.4 Å². The molecule has 0 amide bonds. The lowest BCUT2D eigenvalue weighted by molar-refractivity contribution is -0.137. The van der Waals surface area contributed by atoms with E-state index in [1.54, 1.807) is 25.3 Å². The zero-order valence-corrected chi connectivity index (χ0v) is 15.9. The summed E-state index contributed by atoms with van der Waals surface area (Å²) < 4.78 is 16.5. The number of aromatic nitrogens is 2. The van der Waals surface area contributed by atoms with Crippen molar-refractivity contribution in [2.24, 2.45) is 0 Å². The topological polar surface area (TPSA) is 70.5 Å². The average Bonchev–Trinajstić information content (AvgIpc) is 2.73. The number of para-hydroxylation sites is 1. The van der Waals surface area contributed by atoms with Gasteiger partial charge in [-0.25, -0.2) is 14.8 Å². The molecule has 3 rings (SSSR count). The van der Waals surface area contributed by atoms with Crippen molar-refractivity contribution in [2.45, 2.75) is 19.8 Å². The summed E-state index contributed by atoms with van der Waals surface area (Å²) in [6.07, 6.45) is 6.39. The van der Waals surface area contributed by atoms with Crippen LogP contribution < -0.4 is 9.47 Å². The Balaban J connectivity index is 1.77. The summed E-state index contributed by atoms with van der Waals surface area (Å²) >= 11 is 0. The SMILES string of the molecule is CCCCOC(=O)C=Cc1ccc(Oc2ncnc3ccccc23)c(OC)c1. The molecule has 0 saturated carbocycles. The first-order valence-corrected chi connectivity index (χ1v) is 9.11. The fourth-order valence-corrected chi connectivity index (χ4v) is 2.57. The largest absolute Gasteiger partial charge is 0.493 e. The predicted octanol–water partition coefficient (Wildman–Crippen LogP) is 4.79. The summed E-state index contributed by atoms with van der Waals surface area (Å²) in [5.74, 6) is 1.14. The van der Waals surface area contributed by atoms with Gasteiger partial charge in [-0.05, 0) is 42.3 Å². The molecule has 0 radical (unpaired) electrons. The van der Waals surface area contributed by atoms with Gasteiger partial charge in [0.25, 0.3) is 0 Å². The number of unbranched alkanes of at least 4 members (excludes halogenated alkanes) is 1. The molecule has 1 heterocycles. The highest BCUT2D eigenvalue weighted by Crippen LogP contribution is 2.34. The number of carbonyl (C=O) groups excluding carboxylic acids is 1. The van der Waals surface area contributed by atoms with E-state index in [9.17, 15) is 4.79 Å². The number of benzene rings is 2. The third-order valence-corrected chi connectivity index (χ3v) is 4.05. The van der Waals surface area contributed by atoms with E-state index >= 15 is 0 Å². The maximum absolute atomic E-state index is 11.7. The lowest BCUT2D eigenvalue weighted by atomic mass is 10.2. The Morgan fingerprint density at radius 2 is 1.96 bits per heavy atom. The van der Waals surface area contributed by atoms with Crippen LogP contribution in [0.4, 0.5) is 0 Å². The number of rotatable bonds is 8. The third-order valence-electron chi connectivity index (χ3n) is 4.05. The van der Waals surface area contributed by atoms with Crippen molar-refractivity contribution >= 4 is 22.9 Å². The Morgan fingerprint density at radius 1 is 1.11 bits per heavy atom. The van der Waals surface area contributed by atoms with Gasteiger partial charge in [0.15, 0.2) is 11.5 Å². The fraction of sp³-hybridized carbons (Fsp3) is 0.227. The average molecular weight is 378 g/mol. The van der Waals surface area contributed by atoms with Crippen LogP contribution in [0, 0.1) is 0 Å². The van der Waals surface area contributed by atoms with Gasteiger partial charge in [0.2, 0.25) is 5.88 Å². The molecule has 0 fully saturated rings. The standard InChI is InChI=1S/C22H22N2O4/c1-3-4-13-27-21(25)12-10-16-9-11-19(20(14-16)26-2)28-22-17-7-5-6-8-18(17)23-15-24-22/h5-12,14-15H,3-4,13H2,1-2H3. The van der Waals surface area contributed by atoms with Crippen molar-refractivity contribution < 1.29 is 19.0 Å². The summed E-state index contributed by atoms with van der Waals surface area (Å²) in [7, 11) is 1.56. The summed E-state index contributed by atoms with van der Waals surface area (Å²) in [4.78, 5) is 20.2. The number of hydrogen-bond donors (Lipinski definition) is 0. The quantitative estimate of drug-likeness (QED) is 0.319. The van der Waals surface area contributed by atoms with E-state index in [0.717, 1.165) is 29.3 Å². The molecule has 1 aromatic heterocycles. The Hall–Kier alpha value is -3.41. The van der Waals surface area contributed by atoms with Gasteiger partial charge in [-0.1, -0.05) is 31.5 Å². The molecule has 0 atom stereocenters. The van der Waals surface area contributed by atoms with Gasteiger partial charge >= 0.3 is 5.97 Å². The van der Waals surface area contributed by atoms with Gasteiger partial charge in [-0.15, -0.1) is 0 Å². The monoisotopic (exact) mass is 378 g/mol. The molecule has 2 aromatic carbocycles. The highest BCUT2D eigenvalue weighted by molar-refractivity contribution is 5.87. The van der Waals surface area contributed by atoms with Gasteiger partial charge in [0.05, 0.1) is 24.6 Å². The molecule has 0 spiro atoms. The molecule has 3 aromatic rings. The molecule has 6 heteroatoms. The van der Waals surface area contributed by atoms with Crippen molar-refractivity contribution in [3.8, 4) is 17.4 Å². The number of esters is 1. The number of nitrogens with zero attached hydrogens (tertiary/aromatic N) is 2. The van der Waals surface area contributed by atoms with Crippen LogP contribution in [0.1, 0.15) is 25.3 Å². The second-order valence-corrected chi connectivity index (χ2v) is 6.06. The van der Waals surface area contributed by atoms with Crippen LogP contribution in [0.2, 0.25) is 0 Å². The van der Waals surface area contributed by atoms with E-state index in [2.05, 4.69) is 9.97 Å². The lowest BCUT2D eigenvalue weighted by Crippen LogP contribution is -2.01. The Labute approximate surface area is 163 Å². The van der Waals surface area contributed by atoms with Crippen LogP contribution in [0.15, 0.2) is 54.9 Å². The molecule has 0 aliphatic heterocycles. The minimum Gasteiger partial charge on any atom is -0.493 e. The number of methoxy groups -OCH3 is 1. The molecule has 0 bridgehead atoms. The van der Waals surface area contributed by atoms with Crippen molar-refractivity contribution in [2.75, 3.05) is 13.7 Å². The molecular weight excluding hydrogens is 356 g/mol. The van der Waals surface area contributed by atoms with E-state index in [1.807, 2.05) is 37.3 Å². The van der Waals surface area contributed by atoms with E-state index < -0.39 is 0 Å². The third kappa shape index (κ3) is 4.85. The summed E-state index contributed by atoms with van der Waals surface area (Å²) in [6, 6.07) is 13.0. The number of ether oxygens (including phenoxy) is 3.